The van der Waals surface area contributed by atoms with Crippen LogP contribution < -0.4 is 16.8 Å². The molecule has 6 nitrogen and oxygen atoms in total. The zero-order chi connectivity index (χ0) is 21.9. The van der Waals surface area contributed by atoms with Crippen molar-refractivity contribution < 1.29 is 9.59 Å². The molecule has 1 saturated heterocycles. The molecule has 0 aromatic heterocycles. The van der Waals surface area contributed by atoms with Crippen molar-refractivity contribution in [3.05, 3.63) is 69.2 Å². The van der Waals surface area contributed by atoms with E-state index in [-0.39, 0.29) is 18.4 Å². The van der Waals surface area contributed by atoms with Gasteiger partial charge in [0.05, 0.1) is 0 Å². The minimum Gasteiger partial charge on any atom is -0.350 e. The van der Waals surface area contributed by atoms with Crippen LogP contribution >= 0.6 is 23.2 Å². The summed E-state index contributed by atoms with van der Waals surface area (Å²) in [7, 11) is 0. The van der Waals surface area contributed by atoms with E-state index in [0.717, 1.165) is 17.5 Å². The average molecular weight is 449 g/mol. The molecule has 160 valence electrons. The van der Waals surface area contributed by atoms with E-state index in [1.165, 1.54) is 0 Å². The van der Waals surface area contributed by atoms with Crippen LogP contribution in [0, 0.1) is 0 Å². The lowest BCUT2D eigenvalue weighted by Crippen LogP contribution is -2.57. The van der Waals surface area contributed by atoms with E-state index in [1.807, 2.05) is 6.07 Å². The molecule has 0 saturated carbocycles. The highest BCUT2D eigenvalue weighted by Crippen LogP contribution is 2.32. The molecule has 8 heteroatoms. The number of nitrogens with two attached hydrogens (primary N) is 2. The van der Waals surface area contributed by atoms with Crippen LogP contribution in [0.3, 0.4) is 0 Å². The molecular formula is C22H26Cl2N4O2. The van der Waals surface area contributed by atoms with Crippen molar-refractivity contribution in [1.29, 1.82) is 0 Å². The molecule has 0 radical (unpaired) electrons. The predicted octanol–water partition coefficient (Wildman–Crippen LogP) is 3.15. The standard InChI is InChI=1S/C22H26Cl2N4O2/c1-22(21(30)27-13-16-11-18(24)7-6-15(16)12-25)8-3-9-28(22)20(29)19(26)14-4-2-5-17(23)10-14/h2,4-7,10-11,19H,3,8-9,12-13,25-26H2,1H3,(H,27,30)/t19-,22?/m0/s1. The Balaban J connectivity index is 1.74. The molecular weight excluding hydrogens is 423 g/mol. The Morgan fingerprint density at radius 2 is 1.90 bits per heavy atom. The van der Waals surface area contributed by atoms with Crippen LogP contribution in [0.4, 0.5) is 0 Å². The number of benzene rings is 2. The molecule has 0 spiro atoms. The first-order chi connectivity index (χ1) is 14.3. The highest BCUT2D eigenvalue weighted by atomic mass is 35.5. The lowest BCUT2D eigenvalue weighted by atomic mass is 9.95. The van der Waals surface area contributed by atoms with Crippen molar-refractivity contribution in [2.45, 2.75) is 44.4 Å². The fourth-order valence-corrected chi connectivity index (χ4v) is 4.28. The van der Waals surface area contributed by atoms with E-state index in [1.54, 1.807) is 48.2 Å². The van der Waals surface area contributed by atoms with E-state index in [4.69, 9.17) is 34.7 Å². The second-order valence-corrected chi connectivity index (χ2v) is 8.57. The van der Waals surface area contributed by atoms with Crippen LogP contribution in [0.1, 0.15) is 42.5 Å². The van der Waals surface area contributed by atoms with Gasteiger partial charge in [0.1, 0.15) is 11.6 Å². The molecule has 3 rings (SSSR count). The quantitative estimate of drug-likeness (QED) is 0.631. The normalized spacial score (nSPS) is 19.6. The van der Waals surface area contributed by atoms with Crippen molar-refractivity contribution in [2.24, 2.45) is 11.5 Å². The van der Waals surface area contributed by atoms with Gasteiger partial charge in [0, 0.05) is 29.7 Å². The minimum atomic E-state index is -0.977. The summed E-state index contributed by atoms with van der Waals surface area (Å²) in [4.78, 5) is 27.8. The van der Waals surface area contributed by atoms with Crippen LogP contribution in [0.15, 0.2) is 42.5 Å². The molecule has 1 fully saturated rings. The first-order valence-corrected chi connectivity index (χ1v) is 10.6. The number of nitrogens with zero attached hydrogens (tertiary/aromatic N) is 1. The van der Waals surface area contributed by atoms with Gasteiger partial charge in [-0.25, -0.2) is 0 Å². The molecule has 2 aromatic carbocycles. The number of halogens is 2. The lowest BCUT2D eigenvalue weighted by Gasteiger charge is -2.35. The summed E-state index contributed by atoms with van der Waals surface area (Å²) in [6.07, 6.45) is 1.29. The molecule has 1 aliphatic rings. The van der Waals surface area contributed by atoms with Crippen LogP contribution in [-0.4, -0.2) is 28.8 Å². The minimum absolute atomic E-state index is 0.227. The number of rotatable bonds is 6. The van der Waals surface area contributed by atoms with Gasteiger partial charge in [-0.3, -0.25) is 9.59 Å². The van der Waals surface area contributed by atoms with Crippen molar-refractivity contribution in [3.63, 3.8) is 0 Å². The Bertz CT molecular complexity index is 952. The zero-order valence-corrected chi connectivity index (χ0v) is 18.3. The van der Waals surface area contributed by atoms with E-state index >= 15 is 0 Å². The maximum Gasteiger partial charge on any atom is 0.245 e. The van der Waals surface area contributed by atoms with Crippen molar-refractivity contribution >= 4 is 35.0 Å². The van der Waals surface area contributed by atoms with Gasteiger partial charge < -0.3 is 21.7 Å². The van der Waals surface area contributed by atoms with Crippen molar-refractivity contribution in [1.82, 2.24) is 10.2 Å². The summed E-state index contributed by atoms with van der Waals surface area (Å²) in [5, 5.41) is 4.03. The maximum absolute atomic E-state index is 13.1. The molecule has 1 unspecified atom stereocenters. The molecule has 2 atom stereocenters. The highest BCUT2D eigenvalue weighted by Gasteiger charge is 2.46. The third-order valence-corrected chi connectivity index (χ3v) is 6.17. The van der Waals surface area contributed by atoms with Gasteiger partial charge in [-0.15, -0.1) is 0 Å². The van der Waals surface area contributed by atoms with Gasteiger partial charge in [-0.05, 0) is 60.7 Å². The summed E-state index contributed by atoms with van der Waals surface area (Å²) in [6.45, 7) is 2.88. The van der Waals surface area contributed by atoms with Crippen LogP contribution in [0.5, 0.6) is 0 Å². The van der Waals surface area contributed by atoms with Gasteiger partial charge in [0.2, 0.25) is 11.8 Å². The van der Waals surface area contributed by atoms with E-state index < -0.39 is 11.6 Å². The molecule has 0 aliphatic carbocycles. The number of hydrogen-bond donors (Lipinski definition) is 3. The highest BCUT2D eigenvalue weighted by molar-refractivity contribution is 6.31. The summed E-state index contributed by atoms with van der Waals surface area (Å²) in [6, 6.07) is 11.4. The Morgan fingerprint density at radius 3 is 2.60 bits per heavy atom. The topological polar surface area (TPSA) is 101 Å². The second kappa shape index (κ2) is 9.35. The Morgan fingerprint density at radius 1 is 1.17 bits per heavy atom. The molecule has 2 aromatic rings. The lowest BCUT2D eigenvalue weighted by molar-refractivity contribution is -0.145. The summed E-state index contributed by atoms with van der Waals surface area (Å²) < 4.78 is 0. The largest absolute Gasteiger partial charge is 0.350 e. The van der Waals surface area contributed by atoms with Crippen LogP contribution in [0.2, 0.25) is 10.0 Å². The zero-order valence-electron chi connectivity index (χ0n) is 16.8. The average Bonchev–Trinajstić information content (AvgIpc) is 3.13. The Labute approximate surface area is 186 Å². The number of carbonyl (C=O) groups is 2. The fraction of sp³-hybridized carbons (Fsp3) is 0.364. The molecule has 5 N–H and O–H groups in total. The van der Waals surface area contributed by atoms with Crippen LogP contribution in [0.25, 0.3) is 0 Å². The number of nitrogens with one attached hydrogen (secondary N) is 1. The van der Waals surface area contributed by atoms with Crippen molar-refractivity contribution in [2.75, 3.05) is 6.54 Å². The van der Waals surface area contributed by atoms with E-state index in [2.05, 4.69) is 5.32 Å². The smallest absolute Gasteiger partial charge is 0.245 e. The summed E-state index contributed by atoms with van der Waals surface area (Å²) >= 11 is 12.1. The predicted molar refractivity (Wildman–Crippen MR) is 119 cm³/mol. The van der Waals surface area contributed by atoms with Gasteiger partial charge in [-0.1, -0.05) is 41.4 Å². The number of carbonyl (C=O) groups excluding carboxylic acids is 2. The molecule has 0 bridgehead atoms. The monoisotopic (exact) mass is 448 g/mol. The van der Waals surface area contributed by atoms with Gasteiger partial charge in [0.25, 0.3) is 0 Å². The number of hydrogen-bond acceptors (Lipinski definition) is 4. The molecule has 30 heavy (non-hydrogen) atoms. The second-order valence-electron chi connectivity index (χ2n) is 7.70. The van der Waals surface area contributed by atoms with Crippen LogP contribution in [-0.2, 0) is 22.7 Å². The molecule has 2 amide bonds. The van der Waals surface area contributed by atoms with Crippen molar-refractivity contribution in [3.8, 4) is 0 Å². The Hall–Kier alpha value is -2.12. The third kappa shape index (κ3) is 4.62. The Kier molecular flexibility index (Phi) is 7.03. The first-order valence-electron chi connectivity index (χ1n) is 9.84. The fourth-order valence-electron chi connectivity index (χ4n) is 3.89. The maximum atomic E-state index is 13.1. The molecule has 1 aliphatic heterocycles. The van der Waals surface area contributed by atoms with E-state index in [0.29, 0.717) is 35.1 Å². The van der Waals surface area contributed by atoms with Gasteiger partial charge >= 0.3 is 0 Å². The number of likely N-dealkylation sites (tertiary alicyclic amines) is 1. The van der Waals surface area contributed by atoms with Gasteiger partial charge in [-0.2, -0.15) is 0 Å². The molecule has 1 heterocycles. The third-order valence-electron chi connectivity index (χ3n) is 5.70. The number of amides is 2. The summed E-state index contributed by atoms with van der Waals surface area (Å²) in [5.41, 5.74) is 13.4. The summed E-state index contributed by atoms with van der Waals surface area (Å²) in [5.74, 6) is -0.521. The van der Waals surface area contributed by atoms with E-state index in [9.17, 15) is 9.59 Å². The first kappa shape index (κ1) is 22.6. The SMILES string of the molecule is CC1(C(=O)NCc2cc(Cl)ccc2CN)CCCN1C(=O)[C@@H](N)c1cccc(Cl)c1. The van der Waals surface area contributed by atoms with Gasteiger partial charge in [0.15, 0.2) is 0 Å².